The average molecular weight is 1660 g/mol. The number of hydrogen-bond acceptors (Lipinski definition) is 21. The number of aromatic nitrogens is 4. The molecule has 0 amide bonds. The van der Waals surface area contributed by atoms with Gasteiger partial charge in [-0.15, -0.1) is 0 Å². The third-order valence-corrected chi connectivity index (χ3v) is 24.1. The molecule has 5 aromatic carbocycles. The average Bonchev–Trinajstić information content (AvgIpc) is 0.813. The topological polar surface area (TPSA) is 260 Å². The highest BCUT2D eigenvalue weighted by atomic mass is 79.9. The lowest BCUT2D eigenvalue weighted by atomic mass is 9.99. The van der Waals surface area contributed by atoms with Crippen LogP contribution in [0.4, 0.5) is 51.7 Å². The molecular formula is C73H103Br2Cl3N14O8P2S. The number of unbranched alkanes of at least 4 members (excludes halogenated alkanes) is 1. The zero-order valence-electron chi connectivity index (χ0n) is 61.3. The molecule has 564 valence electrons. The summed E-state index contributed by atoms with van der Waals surface area (Å²) in [5, 5.41) is 20.0. The minimum absolute atomic E-state index is 0.0666. The first-order valence-corrected chi connectivity index (χ1v) is 44.1. The number of aryl methyl sites for hydroxylation is 3. The summed E-state index contributed by atoms with van der Waals surface area (Å²) in [4.78, 5) is 32.1. The van der Waals surface area contributed by atoms with Crippen LogP contribution in [-0.4, -0.2) is 210 Å². The highest BCUT2D eigenvalue weighted by molar-refractivity contribution is 9.10. The van der Waals surface area contributed by atoms with E-state index in [-0.39, 0.29) is 10.2 Å². The Morgan fingerprint density at radius 1 is 0.592 bits per heavy atom. The number of aliphatic hydroxyl groups excluding tert-OH is 1. The quantitative estimate of drug-likeness (QED) is 0.0190. The fourth-order valence-electron chi connectivity index (χ4n) is 12.5. The molecule has 0 aliphatic carbocycles. The van der Waals surface area contributed by atoms with Crippen LogP contribution in [0.2, 0.25) is 15.3 Å². The van der Waals surface area contributed by atoms with Crippen molar-refractivity contribution in [1.82, 2.24) is 39.5 Å². The number of rotatable bonds is 19. The number of anilines is 9. The van der Waals surface area contributed by atoms with Crippen LogP contribution in [0.5, 0.6) is 11.5 Å². The normalized spacial score (nSPS) is 16.0. The number of nitrogens with one attached hydrogen (secondary N) is 3. The first-order chi connectivity index (χ1) is 48.9. The molecule has 0 bridgehead atoms. The van der Waals surface area contributed by atoms with Crippen LogP contribution in [0.15, 0.2) is 111 Å². The van der Waals surface area contributed by atoms with Gasteiger partial charge in [0.25, 0.3) is 10.1 Å². The van der Waals surface area contributed by atoms with Crippen molar-refractivity contribution in [2.45, 2.75) is 96.0 Å². The van der Waals surface area contributed by atoms with Gasteiger partial charge in [0.15, 0.2) is 11.6 Å². The Bertz CT molecular complexity index is 4120. The smallest absolute Gasteiger partial charge is 0.294 e. The van der Waals surface area contributed by atoms with E-state index in [4.69, 9.17) is 59.7 Å². The summed E-state index contributed by atoms with van der Waals surface area (Å²) < 4.78 is 67.9. The fraction of sp³-hybridized carbons (Fsp3) is 0.479. The Morgan fingerprint density at radius 2 is 1.03 bits per heavy atom. The second kappa shape index (κ2) is 40.0. The number of likely N-dealkylation sites (N-methyl/N-ethyl adjacent to an activating group) is 2. The molecule has 4 aliphatic rings. The van der Waals surface area contributed by atoms with Crippen LogP contribution < -0.4 is 51.6 Å². The summed E-state index contributed by atoms with van der Waals surface area (Å²) in [5.74, 6) is 2.70. The van der Waals surface area contributed by atoms with E-state index in [1.807, 2.05) is 43.3 Å². The maximum Gasteiger partial charge on any atom is 0.294 e. The Morgan fingerprint density at radius 3 is 1.44 bits per heavy atom. The summed E-state index contributed by atoms with van der Waals surface area (Å²) in [6.07, 6.45) is 11.7. The van der Waals surface area contributed by atoms with Crippen molar-refractivity contribution in [1.29, 1.82) is 0 Å². The molecule has 0 saturated carbocycles. The van der Waals surface area contributed by atoms with Crippen LogP contribution in [0.3, 0.4) is 0 Å². The van der Waals surface area contributed by atoms with E-state index in [1.165, 1.54) is 106 Å². The van der Waals surface area contributed by atoms with Gasteiger partial charge in [-0.3, -0.25) is 14.4 Å². The zero-order valence-corrected chi connectivity index (χ0v) is 69.4. The van der Waals surface area contributed by atoms with Crippen LogP contribution in [-0.2, 0) is 32.1 Å². The summed E-state index contributed by atoms with van der Waals surface area (Å²) in [7, 11) is -1.23. The van der Waals surface area contributed by atoms with E-state index in [9.17, 15) is 17.5 Å². The van der Waals surface area contributed by atoms with Crippen molar-refractivity contribution in [3.63, 3.8) is 0 Å². The van der Waals surface area contributed by atoms with Crippen molar-refractivity contribution in [3.05, 3.63) is 138 Å². The van der Waals surface area contributed by atoms with Gasteiger partial charge < -0.3 is 65.0 Å². The molecule has 103 heavy (non-hydrogen) atoms. The zero-order chi connectivity index (χ0) is 75.3. The lowest BCUT2D eigenvalue weighted by Gasteiger charge is -2.43. The van der Waals surface area contributed by atoms with Gasteiger partial charge in [0.1, 0.15) is 35.8 Å². The number of piperidine rings is 2. The Hall–Kier alpha value is -5.34. The van der Waals surface area contributed by atoms with E-state index in [2.05, 4.69) is 156 Å². The van der Waals surface area contributed by atoms with Gasteiger partial charge in [0.2, 0.25) is 11.2 Å². The maximum absolute atomic E-state index is 13.0. The van der Waals surface area contributed by atoms with Gasteiger partial charge in [-0.05, 0) is 176 Å². The van der Waals surface area contributed by atoms with Crippen molar-refractivity contribution in [2.75, 3.05) is 172 Å². The summed E-state index contributed by atoms with van der Waals surface area (Å²) in [6, 6.07) is 27.0. The third kappa shape index (κ3) is 25.4. The number of aliphatic hydroxyl groups is 1. The minimum Gasteiger partial charge on any atom is -0.495 e. The predicted molar refractivity (Wildman–Crippen MR) is 436 cm³/mol. The number of benzene rings is 5. The Labute approximate surface area is 642 Å². The number of nitrogens with zero attached hydrogens (tertiary/aromatic N) is 10. The highest BCUT2D eigenvalue weighted by Crippen LogP contribution is 2.43. The van der Waals surface area contributed by atoms with Gasteiger partial charge in [-0.2, -0.15) is 18.4 Å². The third-order valence-electron chi connectivity index (χ3n) is 18.4. The van der Waals surface area contributed by atoms with E-state index < -0.39 is 24.4 Å². The number of nitrogens with two attached hydrogens (primary N) is 1. The molecular weight excluding hydrogens is 1560 g/mol. The predicted octanol–water partition coefficient (Wildman–Crippen LogP) is 15.0. The molecule has 30 heteroatoms. The molecule has 2 aromatic heterocycles. The molecule has 11 rings (SSSR count). The molecule has 7 aromatic rings. The van der Waals surface area contributed by atoms with Gasteiger partial charge >= 0.3 is 0 Å². The molecule has 0 spiro atoms. The number of piperazine rings is 2. The van der Waals surface area contributed by atoms with Gasteiger partial charge in [-0.25, -0.2) is 9.97 Å². The molecule has 4 aliphatic heterocycles. The summed E-state index contributed by atoms with van der Waals surface area (Å²) >= 11 is 25.1. The lowest BCUT2D eigenvalue weighted by molar-refractivity contribution is 0.0982. The number of halogens is 5. The summed E-state index contributed by atoms with van der Waals surface area (Å²) in [6.45, 7) is 29.3. The Kier molecular flexibility index (Phi) is 33.0. The van der Waals surface area contributed by atoms with E-state index in [0.29, 0.717) is 62.3 Å². The van der Waals surface area contributed by atoms with Crippen molar-refractivity contribution in [2.24, 2.45) is 0 Å². The van der Waals surface area contributed by atoms with Gasteiger partial charge in [-0.1, -0.05) is 99.9 Å². The van der Waals surface area contributed by atoms with E-state index in [1.54, 1.807) is 59.2 Å². The van der Waals surface area contributed by atoms with Gasteiger partial charge in [0.05, 0.1) is 54.3 Å². The molecule has 0 atom stereocenters. The van der Waals surface area contributed by atoms with E-state index in [0.717, 1.165) is 108 Å². The largest absolute Gasteiger partial charge is 0.495 e. The van der Waals surface area contributed by atoms with Crippen molar-refractivity contribution < 1.29 is 36.7 Å². The number of methoxy groups -OCH3 is 2. The van der Waals surface area contributed by atoms with Gasteiger partial charge in [0, 0.05) is 140 Å². The molecule has 4 fully saturated rings. The number of nitrogen functional groups attached to an aromatic ring is 1. The monoisotopic (exact) mass is 1660 g/mol. The highest BCUT2D eigenvalue weighted by Gasteiger charge is 2.31. The summed E-state index contributed by atoms with van der Waals surface area (Å²) in [5.41, 5.74) is 15.0. The lowest BCUT2D eigenvalue weighted by Crippen LogP contribution is -2.52. The Balaban J connectivity index is 0.000000208. The fourth-order valence-corrected chi connectivity index (χ4v) is 16.8. The van der Waals surface area contributed by atoms with Crippen molar-refractivity contribution >= 4 is 153 Å². The molecule has 6 heterocycles. The first-order valence-electron chi connectivity index (χ1n) is 34.8. The second-order valence-corrected chi connectivity index (χ2v) is 37.5. The number of hydrogen-bond donors (Lipinski definition) is 6. The molecule has 22 nitrogen and oxygen atoms in total. The molecule has 7 N–H and O–H groups in total. The second-order valence-electron chi connectivity index (χ2n) is 26.7. The first kappa shape index (κ1) is 84.9. The number of ether oxygens (including phenoxy) is 2. The minimum atomic E-state index is -4.02. The maximum atomic E-state index is 13.0. The molecule has 0 unspecified atom stereocenters. The van der Waals surface area contributed by atoms with Crippen LogP contribution in [0, 0.1) is 6.92 Å². The van der Waals surface area contributed by atoms with Crippen LogP contribution >= 0.6 is 80.9 Å². The van der Waals surface area contributed by atoms with Crippen molar-refractivity contribution in [3.8, 4) is 11.5 Å². The van der Waals surface area contributed by atoms with Crippen LogP contribution in [0.25, 0.3) is 0 Å². The standard InChI is InChI=1S/C31H42BrClN7O2P.C19H32N4O.C12H11BrCl2N3OP.C7H8O3S.C4H10O/c1-6-21-17-26(28(42-3)19-27(21)40-11-9-23(10-12-40)39-15-13-38(2)14-16-39)36-31-34-20-24(33)30(37-31)35-25-8-7-22(32)18-29(25)43(4,5)41;1-4-15-13-17(20)19(24-3)14-18(15)23-7-5-16(6-8-23)22-11-9-21(2)10-12-22;1-20(2,19)10-5-7(13)3-4-9(10)17-11-8(14)6-16-12(15)18-11;1-6-2-4-7(5-3-6)11(8,9)10;1-2-3-4-5/h7-8,17-20,23H,6,9-16H2,1-5H3,(H2,34,35,36,37);13-14,16H,4-12,20H2,1-3H3;3-6H,1-2H3,(H,16,17,18);2-5H,1H3,(H,8,9,10);5H,2-4H2,1H3. The van der Waals surface area contributed by atoms with E-state index >= 15 is 0 Å². The SMILES string of the molecule is CCCCO.CCc1cc(N)c(OC)cc1N1CCC(N2CCN(C)CC2)CC1.CCc1cc(Nc2ncc(Cl)c(Nc3ccc(Br)cc3P(C)(C)=O)n2)c(OC)cc1N1CCC(N2CCN(C)CC2)CC1.CP(C)(=O)c1cc(Br)ccc1Nc1nc(Cl)ncc1Cl.Cc1ccc(S(=O)(=O)O)cc1. The molecule has 4 saturated heterocycles. The van der Waals surface area contributed by atoms with Crippen LogP contribution in [0.1, 0.15) is 76.0 Å². The molecule has 0 radical (unpaired) electrons.